The van der Waals surface area contributed by atoms with Gasteiger partial charge in [0.1, 0.15) is 0 Å². The van der Waals surface area contributed by atoms with Crippen LogP contribution < -0.4 is 10.6 Å². The molecule has 0 aliphatic rings. The lowest BCUT2D eigenvalue weighted by Crippen LogP contribution is -2.37. The highest BCUT2D eigenvalue weighted by atomic mass is 32.2. The zero-order valence-electron chi connectivity index (χ0n) is 12.4. The molecule has 112 valence electrons. The Labute approximate surface area is 120 Å². The molecule has 1 rings (SSSR count). The zero-order chi connectivity index (χ0) is 15.4. The number of benzene rings is 1. The Kier molecular flexibility index (Phi) is 5.16. The van der Waals surface area contributed by atoms with Crippen LogP contribution in [0.15, 0.2) is 29.2 Å². The Morgan fingerprint density at radius 3 is 2.10 bits per heavy atom. The van der Waals surface area contributed by atoms with E-state index in [2.05, 4.69) is 10.6 Å². The predicted octanol–water partition coefficient (Wildman–Crippen LogP) is 1.66. The van der Waals surface area contributed by atoms with Crippen molar-refractivity contribution in [3.05, 3.63) is 24.3 Å². The van der Waals surface area contributed by atoms with Crippen LogP contribution in [0, 0.1) is 5.41 Å². The van der Waals surface area contributed by atoms with Crippen molar-refractivity contribution in [1.82, 2.24) is 5.32 Å². The van der Waals surface area contributed by atoms with E-state index in [9.17, 15) is 13.2 Å². The minimum Gasteiger partial charge on any atom is -0.383 e. The SMILES string of the molecule is CC(C)(C)C(=O)NCCNc1ccc(S(C)(=O)=O)cc1. The minimum atomic E-state index is -3.16. The molecule has 2 N–H and O–H groups in total. The van der Waals surface area contributed by atoms with Gasteiger partial charge in [-0.3, -0.25) is 4.79 Å². The Bertz CT molecular complexity index is 557. The van der Waals surface area contributed by atoms with Crippen LogP contribution in [0.1, 0.15) is 20.8 Å². The predicted molar refractivity (Wildman–Crippen MR) is 80.5 cm³/mol. The summed E-state index contributed by atoms with van der Waals surface area (Å²) in [4.78, 5) is 11.9. The standard InChI is InChI=1S/C14H22N2O3S/c1-14(2,3)13(17)16-10-9-15-11-5-7-12(8-6-11)20(4,18)19/h5-8,15H,9-10H2,1-4H3,(H,16,17). The number of rotatable bonds is 5. The van der Waals surface area contributed by atoms with E-state index in [1.807, 2.05) is 20.8 Å². The highest BCUT2D eigenvalue weighted by Crippen LogP contribution is 2.14. The van der Waals surface area contributed by atoms with Crippen molar-refractivity contribution >= 4 is 21.4 Å². The molecule has 0 bridgehead atoms. The summed E-state index contributed by atoms with van der Waals surface area (Å²) in [6, 6.07) is 6.54. The van der Waals surface area contributed by atoms with Crippen molar-refractivity contribution in [2.75, 3.05) is 24.7 Å². The van der Waals surface area contributed by atoms with Gasteiger partial charge in [0.15, 0.2) is 9.84 Å². The molecular formula is C14H22N2O3S. The molecule has 6 heteroatoms. The van der Waals surface area contributed by atoms with Crippen LogP contribution in [0.3, 0.4) is 0 Å². The van der Waals surface area contributed by atoms with E-state index in [0.717, 1.165) is 5.69 Å². The van der Waals surface area contributed by atoms with Crippen molar-refractivity contribution in [3.63, 3.8) is 0 Å². The van der Waals surface area contributed by atoms with Gasteiger partial charge in [0.2, 0.25) is 5.91 Å². The second-order valence-corrected chi connectivity index (χ2v) is 7.74. The van der Waals surface area contributed by atoms with Crippen molar-refractivity contribution in [3.8, 4) is 0 Å². The third-order valence-electron chi connectivity index (χ3n) is 2.70. The van der Waals surface area contributed by atoms with Gasteiger partial charge in [0.25, 0.3) is 0 Å². The number of nitrogens with one attached hydrogen (secondary N) is 2. The Hall–Kier alpha value is -1.56. The molecule has 20 heavy (non-hydrogen) atoms. The maximum absolute atomic E-state index is 11.6. The summed E-state index contributed by atoms with van der Waals surface area (Å²) in [7, 11) is -3.16. The first-order chi connectivity index (χ1) is 9.10. The smallest absolute Gasteiger partial charge is 0.225 e. The Balaban J connectivity index is 2.42. The van der Waals surface area contributed by atoms with Crippen molar-refractivity contribution in [1.29, 1.82) is 0 Å². The normalized spacial score (nSPS) is 12.0. The molecule has 1 amide bonds. The summed E-state index contributed by atoms with van der Waals surface area (Å²) in [5, 5.41) is 5.95. The third kappa shape index (κ3) is 5.21. The molecule has 0 heterocycles. The number of amides is 1. The Morgan fingerprint density at radius 2 is 1.65 bits per heavy atom. The summed E-state index contributed by atoms with van der Waals surface area (Å²) >= 11 is 0. The van der Waals surface area contributed by atoms with Gasteiger partial charge in [-0.2, -0.15) is 0 Å². The minimum absolute atomic E-state index is 0.00623. The van der Waals surface area contributed by atoms with E-state index in [1.165, 1.54) is 6.26 Å². The zero-order valence-corrected chi connectivity index (χ0v) is 13.2. The highest BCUT2D eigenvalue weighted by molar-refractivity contribution is 7.90. The fraction of sp³-hybridized carbons (Fsp3) is 0.500. The summed E-state index contributed by atoms with van der Waals surface area (Å²) in [5.41, 5.74) is 0.430. The molecule has 0 fully saturated rings. The summed E-state index contributed by atoms with van der Waals surface area (Å²) in [6.45, 7) is 6.68. The second kappa shape index (κ2) is 6.26. The first-order valence-corrected chi connectivity index (χ1v) is 8.32. The number of carbonyl (C=O) groups is 1. The second-order valence-electron chi connectivity index (χ2n) is 5.73. The van der Waals surface area contributed by atoms with Crippen molar-refractivity contribution in [2.45, 2.75) is 25.7 Å². The van der Waals surface area contributed by atoms with Gasteiger partial charge >= 0.3 is 0 Å². The van der Waals surface area contributed by atoms with Gasteiger partial charge in [0, 0.05) is 30.4 Å². The summed E-state index contributed by atoms with van der Waals surface area (Å²) in [5.74, 6) is 0.00623. The molecule has 0 saturated heterocycles. The maximum atomic E-state index is 11.6. The van der Waals surface area contributed by atoms with Crippen molar-refractivity contribution < 1.29 is 13.2 Å². The molecule has 1 aromatic rings. The summed E-state index contributed by atoms with van der Waals surface area (Å²) < 4.78 is 22.6. The molecule has 0 atom stereocenters. The molecule has 0 unspecified atom stereocenters. The van der Waals surface area contributed by atoms with Crippen LogP contribution in [0.4, 0.5) is 5.69 Å². The Morgan fingerprint density at radius 1 is 1.10 bits per heavy atom. The van der Waals surface area contributed by atoms with Crippen LogP contribution in [0.5, 0.6) is 0 Å². The molecule has 0 spiro atoms. The maximum Gasteiger partial charge on any atom is 0.225 e. The van der Waals surface area contributed by atoms with Crippen LogP contribution in [0.2, 0.25) is 0 Å². The first kappa shape index (κ1) is 16.5. The number of anilines is 1. The average molecular weight is 298 g/mol. The lowest BCUT2D eigenvalue weighted by molar-refractivity contribution is -0.128. The lowest BCUT2D eigenvalue weighted by atomic mass is 9.96. The topological polar surface area (TPSA) is 75.3 Å². The average Bonchev–Trinajstić information content (AvgIpc) is 2.32. The van der Waals surface area contributed by atoms with E-state index >= 15 is 0 Å². The van der Waals surface area contributed by atoms with Crippen LogP contribution >= 0.6 is 0 Å². The van der Waals surface area contributed by atoms with Gasteiger partial charge in [-0.15, -0.1) is 0 Å². The molecule has 0 saturated carbocycles. The molecule has 1 aromatic carbocycles. The highest BCUT2D eigenvalue weighted by Gasteiger charge is 2.20. The molecule has 0 aliphatic carbocycles. The molecular weight excluding hydrogens is 276 g/mol. The quantitative estimate of drug-likeness (QED) is 0.811. The number of hydrogen-bond donors (Lipinski definition) is 2. The molecule has 0 radical (unpaired) electrons. The van der Waals surface area contributed by atoms with Gasteiger partial charge in [-0.05, 0) is 24.3 Å². The van der Waals surface area contributed by atoms with Crippen LogP contribution in [-0.2, 0) is 14.6 Å². The fourth-order valence-electron chi connectivity index (χ4n) is 1.47. The van der Waals surface area contributed by atoms with E-state index in [-0.39, 0.29) is 5.91 Å². The number of carbonyl (C=O) groups excluding carboxylic acids is 1. The van der Waals surface area contributed by atoms with Gasteiger partial charge in [-0.25, -0.2) is 8.42 Å². The van der Waals surface area contributed by atoms with Gasteiger partial charge < -0.3 is 10.6 Å². The fourth-order valence-corrected chi connectivity index (χ4v) is 2.10. The van der Waals surface area contributed by atoms with E-state index in [4.69, 9.17) is 0 Å². The molecule has 0 aliphatic heterocycles. The van der Waals surface area contributed by atoms with Gasteiger partial charge in [0.05, 0.1) is 4.90 Å². The molecule has 0 aromatic heterocycles. The van der Waals surface area contributed by atoms with E-state index in [0.29, 0.717) is 18.0 Å². The first-order valence-electron chi connectivity index (χ1n) is 6.43. The van der Waals surface area contributed by atoms with Crippen LogP contribution in [-0.4, -0.2) is 33.7 Å². The third-order valence-corrected chi connectivity index (χ3v) is 3.83. The largest absolute Gasteiger partial charge is 0.383 e. The number of hydrogen-bond acceptors (Lipinski definition) is 4. The van der Waals surface area contributed by atoms with Gasteiger partial charge in [-0.1, -0.05) is 20.8 Å². The number of sulfone groups is 1. The van der Waals surface area contributed by atoms with E-state index < -0.39 is 15.3 Å². The lowest BCUT2D eigenvalue weighted by Gasteiger charge is -2.17. The van der Waals surface area contributed by atoms with E-state index in [1.54, 1.807) is 24.3 Å². The van der Waals surface area contributed by atoms with Crippen molar-refractivity contribution in [2.24, 2.45) is 5.41 Å². The summed E-state index contributed by atoms with van der Waals surface area (Å²) in [6.07, 6.45) is 1.18. The molecule has 5 nitrogen and oxygen atoms in total. The van der Waals surface area contributed by atoms with Crippen LogP contribution in [0.25, 0.3) is 0 Å². The monoisotopic (exact) mass is 298 g/mol.